The van der Waals surface area contributed by atoms with Crippen LogP contribution in [0.25, 0.3) is 0 Å². The zero-order valence-corrected chi connectivity index (χ0v) is 12.4. The first kappa shape index (κ1) is 16.7. The number of hydrogen-bond acceptors (Lipinski definition) is 5. The van der Waals surface area contributed by atoms with E-state index >= 15 is 0 Å². The number of carbonyl (C=O) groups is 3. The van der Waals surface area contributed by atoms with Gasteiger partial charge in [-0.1, -0.05) is 0 Å². The second kappa shape index (κ2) is 8.72. The van der Waals surface area contributed by atoms with Gasteiger partial charge in [-0.3, -0.25) is 14.4 Å². The van der Waals surface area contributed by atoms with E-state index < -0.39 is 5.97 Å². The second-order valence-corrected chi connectivity index (χ2v) is 5.19. The standard InChI is InChI=1S/C15H24O5/c1-3-19-14(17)10-13(16)9-11-5-7-12(8-6-11)15(18)20-4-2/h11-12H,3-10H2,1-2H3. The maximum absolute atomic E-state index is 11.7. The van der Waals surface area contributed by atoms with Gasteiger partial charge in [0.1, 0.15) is 12.2 Å². The Kier molecular flexibility index (Phi) is 7.26. The van der Waals surface area contributed by atoms with E-state index in [2.05, 4.69) is 0 Å². The molecule has 1 saturated carbocycles. The molecular formula is C15H24O5. The largest absolute Gasteiger partial charge is 0.466 e. The van der Waals surface area contributed by atoms with Crippen LogP contribution in [0.1, 0.15) is 52.4 Å². The molecule has 114 valence electrons. The summed E-state index contributed by atoms with van der Waals surface area (Å²) in [6, 6.07) is 0. The molecule has 0 unspecified atom stereocenters. The van der Waals surface area contributed by atoms with Gasteiger partial charge in [-0.15, -0.1) is 0 Å². The summed E-state index contributed by atoms with van der Waals surface area (Å²) in [5.74, 6) is -0.376. The van der Waals surface area contributed by atoms with Crippen LogP contribution >= 0.6 is 0 Å². The summed E-state index contributed by atoms with van der Waals surface area (Å²) in [6.45, 7) is 4.24. The van der Waals surface area contributed by atoms with Crippen LogP contribution in [0.4, 0.5) is 0 Å². The number of esters is 2. The monoisotopic (exact) mass is 284 g/mol. The van der Waals surface area contributed by atoms with Gasteiger partial charge in [0.05, 0.1) is 19.1 Å². The molecule has 0 aromatic rings. The van der Waals surface area contributed by atoms with Crippen molar-refractivity contribution in [3.8, 4) is 0 Å². The van der Waals surface area contributed by atoms with Crippen LogP contribution in [0.15, 0.2) is 0 Å². The highest BCUT2D eigenvalue weighted by atomic mass is 16.5. The van der Waals surface area contributed by atoms with Gasteiger partial charge in [0, 0.05) is 6.42 Å². The SMILES string of the molecule is CCOC(=O)CC(=O)CC1CCC(C(=O)OCC)CC1. The Labute approximate surface area is 120 Å². The lowest BCUT2D eigenvalue weighted by Gasteiger charge is -2.26. The Bertz CT molecular complexity index is 342. The van der Waals surface area contributed by atoms with Crippen molar-refractivity contribution in [1.82, 2.24) is 0 Å². The van der Waals surface area contributed by atoms with E-state index in [9.17, 15) is 14.4 Å². The molecule has 0 bridgehead atoms. The molecule has 20 heavy (non-hydrogen) atoms. The van der Waals surface area contributed by atoms with Crippen LogP contribution in [0.3, 0.4) is 0 Å². The first-order chi connectivity index (χ1) is 9.56. The predicted molar refractivity (Wildman–Crippen MR) is 73.0 cm³/mol. The summed E-state index contributed by atoms with van der Waals surface area (Å²) in [4.78, 5) is 34.5. The van der Waals surface area contributed by atoms with Crippen LogP contribution in [0, 0.1) is 11.8 Å². The molecule has 0 N–H and O–H groups in total. The minimum atomic E-state index is -0.447. The van der Waals surface area contributed by atoms with Crippen LogP contribution in [0.5, 0.6) is 0 Å². The third-order valence-corrected chi connectivity index (χ3v) is 3.63. The van der Waals surface area contributed by atoms with Crippen molar-refractivity contribution in [3.63, 3.8) is 0 Å². The van der Waals surface area contributed by atoms with E-state index in [0.717, 1.165) is 25.7 Å². The normalized spacial score (nSPS) is 22.1. The van der Waals surface area contributed by atoms with Crippen molar-refractivity contribution < 1.29 is 23.9 Å². The lowest BCUT2D eigenvalue weighted by Crippen LogP contribution is -2.25. The van der Waals surface area contributed by atoms with Gasteiger partial charge in [-0.05, 0) is 45.4 Å². The Morgan fingerprint density at radius 3 is 2.10 bits per heavy atom. The summed E-state index contributed by atoms with van der Waals surface area (Å²) in [7, 11) is 0. The third-order valence-electron chi connectivity index (χ3n) is 3.63. The number of rotatable bonds is 7. The fraction of sp³-hybridized carbons (Fsp3) is 0.800. The molecule has 0 heterocycles. The molecule has 0 aliphatic heterocycles. The van der Waals surface area contributed by atoms with Crippen LogP contribution in [-0.2, 0) is 23.9 Å². The molecule has 5 nitrogen and oxygen atoms in total. The molecule has 1 aliphatic carbocycles. The van der Waals surface area contributed by atoms with Crippen LogP contribution in [0.2, 0.25) is 0 Å². The number of Topliss-reactive ketones (excluding diaryl/α,β-unsaturated/α-hetero) is 1. The highest BCUT2D eigenvalue weighted by Crippen LogP contribution is 2.31. The average Bonchev–Trinajstić information content (AvgIpc) is 2.39. The molecule has 0 saturated heterocycles. The van der Waals surface area contributed by atoms with E-state index in [0.29, 0.717) is 19.6 Å². The van der Waals surface area contributed by atoms with E-state index in [-0.39, 0.29) is 30.0 Å². The lowest BCUT2D eigenvalue weighted by molar-refractivity contribution is -0.149. The van der Waals surface area contributed by atoms with E-state index in [1.807, 2.05) is 0 Å². The number of ketones is 1. The van der Waals surface area contributed by atoms with Crippen molar-refractivity contribution in [3.05, 3.63) is 0 Å². The molecule has 0 aromatic heterocycles. The summed E-state index contributed by atoms with van der Waals surface area (Å²) in [5.41, 5.74) is 0. The average molecular weight is 284 g/mol. The van der Waals surface area contributed by atoms with Crippen LogP contribution < -0.4 is 0 Å². The second-order valence-electron chi connectivity index (χ2n) is 5.19. The van der Waals surface area contributed by atoms with Crippen molar-refractivity contribution in [2.24, 2.45) is 11.8 Å². The molecule has 0 aromatic carbocycles. The zero-order chi connectivity index (χ0) is 15.0. The molecule has 1 rings (SSSR count). The number of ether oxygens (including phenoxy) is 2. The van der Waals surface area contributed by atoms with E-state index in [1.54, 1.807) is 13.8 Å². The highest BCUT2D eigenvalue weighted by Gasteiger charge is 2.28. The number of hydrogen-bond donors (Lipinski definition) is 0. The van der Waals surface area contributed by atoms with Gasteiger partial charge in [0.25, 0.3) is 0 Å². The molecular weight excluding hydrogens is 260 g/mol. The zero-order valence-electron chi connectivity index (χ0n) is 12.4. The molecule has 0 radical (unpaired) electrons. The summed E-state index contributed by atoms with van der Waals surface area (Å²) in [6.07, 6.45) is 3.52. The predicted octanol–water partition coefficient (Wildman–Crippen LogP) is 2.27. The Hall–Kier alpha value is -1.39. The van der Waals surface area contributed by atoms with Gasteiger partial charge in [-0.25, -0.2) is 0 Å². The van der Waals surface area contributed by atoms with E-state index in [4.69, 9.17) is 9.47 Å². The van der Waals surface area contributed by atoms with Gasteiger partial charge in [0.15, 0.2) is 0 Å². The molecule has 0 atom stereocenters. The Morgan fingerprint density at radius 1 is 0.950 bits per heavy atom. The maximum Gasteiger partial charge on any atom is 0.313 e. The summed E-state index contributed by atoms with van der Waals surface area (Å²) in [5, 5.41) is 0. The minimum absolute atomic E-state index is 0.0219. The maximum atomic E-state index is 11.7. The topological polar surface area (TPSA) is 69.7 Å². The fourth-order valence-corrected chi connectivity index (χ4v) is 2.63. The third kappa shape index (κ3) is 5.72. The molecule has 1 aliphatic rings. The van der Waals surface area contributed by atoms with Gasteiger partial charge in [0.2, 0.25) is 0 Å². The quantitative estimate of drug-likeness (QED) is 0.530. The first-order valence-corrected chi connectivity index (χ1v) is 7.40. The van der Waals surface area contributed by atoms with Crippen LogP contribution in [-0.4, -0.2) is 30.9 Å². The Morgan fingerprint density at radius 2 is 1.55 bits per heavy atom. The molecule has 0 spiro atoms. The van der Waals surface area contributed by atoms with Gasteiger partial charge in [-0.2, -0.15) is 0 Å². The molecule has 5 heteroatoms. The lowest BCUT2D eigenvalue weighted by atomic mass is 9.79. The number of carbonyl (C=O) groups excluding carboxylic acids is 3. The smallest absolute Gasteiger partial charge is 0.313 e. The Balaban J connectivity index is 2.26. The van der Waals surface area contributed by atoms with Gasteiger partial charge >= 0.3 is 11.9 Å². The van der Waals surface area contributed by atoms with E-state index in [1.165, 1.54) is 0 Å². The highest BCUT2D eigenvalue weighted by molar-refractivity contribution is 5.95. The fourth-order valence-electron chi connectivity index (χ4n) is 2.63. The minimum Gasteiger partial charge on any atom is -0.466 e. The first-order valence-electron chi connectivity index (χ1n) is 7.40. The van der Waals surface area contributed by atoms with Crippen molar-refractivity contribution >= 4 is 17.7 Å². The summed E-state index contributed by atoms with van der Waals surface area (Å²) < 4.78 is 9.77. The molecule has 1 fully saturated rings. The van der Waals surface area contributed by atoms with Crippen molar-refractivity contribution in [2.45, 2.75) is 52.4 Å². The van der Waals surface area contributed by atoms with Crippen molar-refractivity contribution in [2.75, 3.05) is 13.2 Å². The molecule has 0 amide bonds. The van der Waals surface area contributed by atoms with Crippen molar-refractivity contribution in [1.29, 1.82) is 0 Å². The summed E-state index contributed by atoms with van der Waals surface area (Å²) >= 11 is 0. The van der Waals surface area contributed by atoms with Gasteiger partial charge < -0.3 is 9.47 Å².